The van der Waals surface area contributed by atoms with Crippen LogP contribution in [0.5, 0.6) is 5.75 Å². The summed E-state index contributed by atoms with van der Waals surface area (Å²) in [5.41, 5.74) is 3.56. The number of rotatable bonds is 5. The van der Waals surface area contributed by atoms with Gasteiger partial charge in [-0.15, -0.1) is 0 Å². The van der Waals surface area contributed by atoms with Crippen LogP contribution in [0.3, 0.4) is 0 Å². The van der Waals surface area contributed by atoms with E-state index in [1.54, 1.807) is 12.3 Å². The summed E-state index contributed by atoms with van der Waals surface area (Å²) < 4.78 is 6.49. The maximum atomic E-state index is 13.2. The number of piperidine rings is 2. The summed E-state index contributed by atoms with van der Waals surface area (Å²) in [7, 11) is 0. The third kappa shape index (κ3) is 4.74. The van der Waals surface area contributed by atoms with E-state index in [1.165, 1.54) is 17.3 Å². The number of benzene rings is 1. The zero-order valence-electron chi connectivity index (χ0n) is 22.5. The van der Waals surface area contributed by atoms with Crippen molar-refractivity contribution >= 4 is 11.9 Å². The van der Waals surface area contributed by atoms with E-state index in [0.717, 1.165) is 64.2 Å². The lowest BCUT2D eigenvalue weighted by Gasteiger charge is -2.47. The smallest absolute Gasteiger partial charge is 0.307 e. The van der Waals surface area contributed by atoms with Crippen molar-refractivity contribution in [1.82, 2.24) is 14.8 Å². The number of aliphatic carboxylic acids is 1. The molecule has 2 aromatic rings. The molecule has 0 saturated carbocycles. The second kappa shape index (κ2) is 9.43. The first kappa shape index (κ1) is 25.7. The molecule has 5 rings (SSSR count). The number of para-hydroxylation sites is 1. The molecule has 0 radical (unpaired) electrons. The third-order valence-electron chi connectivity index (χ3n) is 9.53. The second-order valence-corrected chi connectivity index (χ2v) is 12.2. The van der Waals surface area contributed by atoms with Crippen LogP contribution in [0, 0.1) is 5.41 Å². The molecule has 1 spiro atoms. The summed E-state index contributed by atoms with van der Waals surface area (Å²) in [6.45, 7) is 13.4. The minimum absolute atomic E-state index is 0.0274. The average Bonchev–Trinajstić information content (AvgIpc) is 3.05. The Kier molecular flexibility index (Phi) is 6.55. The average molecular weight is 506 g/mol. The van der Waals surface area contributed by atoms with Crippen molar-refractivity contribution < 1.29 is 19.4 Å². The number of nitrogens with zero attached hydrogens (tertiary/aromatic N) is 3. The number of pyridine rings is 1. The Morgan fingerprint density at radius 1 is 0.973 bits per heavy atom. The molecule has 198 valence electrons. The Morgan fingerprint density at radius 3 is 2.32 bits per heavy atom. The van der Waals surface area contributed by atoms with Crippen LogP contribution < -0.4 is 4.74 Å². The van der Waals surface area contributed by atoms with Crippen LogP contribution >= 0.6 is 0 Å². The number of fused-ring (bicyclic) bond motifs is 1. The van der Waals surface area contributed by atoms with Gasteiger partial charge in [0.05, 0.1) is 6.42 Å². The van der Waals surface area contributed by atoms with E-state index in [0.29, 0.717) is 11.1 Å². The molecule has 3 aliphatic heterocycles. The number of ether oxygens (including phenoxy) is 1. The fourth-order valence-corrected chi connectivity index (χ4v) is 6.25. The molecule has 0 atom stereocenters. The summed E-state index contributed by atoms with van der Waals surface area (Å²) in [5, 5.41) is 9.19. The largest absolute Gasteiger partial charge is 0.486 e. The van der Waals surface area contributed by atoms with Crippen LogP contribution in [0.2, 0.25) is 0 Å². The monoisotopic (exact) mass is 505 g/mol. The molecular formula is C30H39N3O4. The molecule has 1 aromatic carbocycles. The van der Waals surface area contributed by atoms with E-state index >= 15 is 0 Å². The maximum absolute atomic E-state index is 13.2. The molecule has 0 unspecified atom stereocenters. The number of hydrogen-bond acceptors (Lipinski definition) is 5. The standard InChI is InChI=1S/C30H39N3O4/c1-28(2)24-7-5-6-21(26(24)37-29(28,3)4)20-32-14-9-30(10-15-32)11-16-33(17-12-30)27(36)23-8-13-31-19-22(23)18-25(34)35/h5-8,13,19H,9-12,14-18,20H2,1-4H3,(H,34,35). The normalized spacial score (nSPS) is 21.9. The van der Waals surface area contributed by atoms with E-state index in [9.17, 15) is 14.7 Å². The summed E-state index contributed by atoms with van der Waals surface area (Å²) >= 11 is 0. The number of carboxylic acid groups (broad SMARTS) is 1. The molecule has 1 aromatic heterocycles. The van der Waals surface area contributed by atoms with Gasteiger partial charge in [-0.2, -0.15) is 0 Å². The maximum Gasteiger partial charge on any atom is 0.307 e. The minimum Gasteiger partial charge on any atom is -0.486 e. The molecule has 2 fully saturated rings. The highest BCUT2D eigenvalue weighted by Gasteiger charge is 2.48. The van der Waals surface area contributed by atoms with Crippen molar-refractivity contribution in [3.05, 3.63) is 58.9 Å². The van der Waals surface area contributed by atoms with Crippen LogP contribution in [0.15, 0.2) is 36.7 Å². The lowest BCUT2D eigenvalue weighted by atomic mass is 9.71. The first-order valence-corrected chi connectivity index (χ1v) is 13.5. The van der Waals surface area contributed by atoms with Crippen molar-refractivity contribution in [2.24, 2.45) is 5.41 Å². The van der Waals surface area contributed by atoms with Gasteiger partial charge in [-0.25, -0.2) is 0 Å². The van der Waals surface area contributed by atoms with Gasteiger partial charge >= 0.3 is 5.97 Å². The summed E-state index contributed by atoms with van der Waals surface area (Å²) in [6, 6.07) is 8.24. The number of amides is 1. The van der Waals surface area contributed by atoms with E-state index in [4.69, 9.17) is 4.74 Å². The zero-order chi connectivity index (χ0) is 26.4. The Balaban J connectivity index is 1.19. The number of carboxylic acids is 1. The fraction of sp³-hybridized carbons (Fsp3) is 0.567. The lowest BCUT2D eigenvalue weighted by molar-refractivity contribution is -0.136. The zero-order valence-corrected chi connectivity index (χ0v) is 22.5. The highest BCUT2D eigenvalue weighted by molar-refractivity contribution is 5.96. The molecular weight excluding hydrogens is 466 g/mol. The minimum atomic E-state index is -0.953. The molecule has 0 aliphatic carbocycles. The van der Waals surface area contributed by atoms with E-state index in [1.807, 2.05) is 4.90 Å². The van der Waals surface area contributed by atoms with Gasteiger partial charge in [0.1, 0.15) is 11.4 Å². The van der Waals surface area contributed by atoms with Gasteiger partial charge in [-0.3, -0.25) is 19.5 Å². The van der Waals surface area contributed by atoms with Crippen LogP contribution in [0.1, 0.15) is 80.4 Å². The Bertz CT molecular complexity index is 1190. The quantitative estimate of drug-likeness (QED) is 0.636. The molecule has 0 bridgehead atoms. The van der Waals surface area contributed by atoms with Gasteiger partial charge in [-0.05, 0) is 69.7 Å². The van der Waals surface area contributed by atoms with Gasteiger partial charge in [0, 0.05) is 54.1 Å². The van der Waals surface area contributed by atoms with Crippen molar-refractivity contribution in [1.29, 1.82) is 0 Å². The van der Waals surface area contributed by atoms with Gasteiger partial charge in [0.15, 0.2) is 0 Å². The topological polar surface area (TPSA) is 83.0 Å². The van der Waals surface area contributed by atoms with E-state index < -0.39 is 5.97 Å². The SMILES string of the molecule is CC1(C)Oc2c(CN3CCC4(CC3)CCN(C(=O)c3ccncc3CC(=O)O)CC4)cccc2C1(C)C. The second-order valence-electron chi connectivity index (χ2n) is 12.2. The predicted octanol–water partition coefficient (Wildman–Crippen LogP) is 4.68. The van der Waals surface area contributed by atoms with Crippen LogP contribution in [0.25, 0.3) is 0 Å². The molecule has 1 amide bonds. The molecule has 1 N–H and O–H groups in total. The van der Waals surface area contributed by atoms with Crippen molar-refractivity contribution in [3.8, 4) is 5.75 Å². The van der Waals surface area contributed by atoms with E-state index in [-0.39, 0.29) is 28.8 Å². The number of aromatic nitrogens is 1. The summed E-state index contributed by atoms with van der Waals surface area (Å²) in [6.07, 6.45) is 7.15. The molecule has 3 aliphatic rings. The fourth-order valence-electron chi connectivity index (χ4n) is 6.25. The lowest BCUT2D eigenvalue weighted by Crippen LogP contribution is -2.48. The summed E-state index contributed by atoms with van der Waals surface area (Å²) in [5.74, 6) is 0.0450. The van der Waals surface area contributed by atoms with Crippen molar-refractivity contribution in [2.75, 3.05) is 26.2 Å². The van der Waals surface area contributed by atoms with Gasteiger partial charge < -0.3 is 14.7 Å². The van der Waals surface area contributed by atoms with Crippen LogP contribution in [0.4, 0.5) is 0 Å². The molecule has 7 heteroatoms. The van der Waals surface area contributed by atoms with Gasteiger partial charge in [0.25, 0.3) is 5.91 Å². The predicted molar refractivity (Wildman–Crippen MR) is 142 cm³/mol. The molecule has 37 heavy (non-hydrogen) atoms. The first-order valence-electron chi connectivity index (χ1n) is 13.5. The number of carbonyl (C=O) groups excluding carboxylic acids is 1. The molecule has 4 heterocycles. The van der Waals surface area contributed by atoms with Crippen molar-refractivity contribution in [3.63, 3.8) is 0 Å². The number of likely N-dealkylation sites (tertiary alicyclic amines) is 2. The molecule has 2 saturated heterocycles. The Labute approximate surface area is 219 Å². The summed E-state index contributed by atoms with van der Waals surface area (Å²) in [4.78, 5) is 32.9. The van der Waals surface area contributed by atoms with Gasteiger partial charge in [0.2, 0.25) is 0 Å². The number of carbonyl (C=O) groups is 2. The molecule has 7 nitrogen and oxygen atoms in total. The number of hydrogen-bond donors (Lipinski definition) is 1. The highest BCUT2D eigenvalue weighted by atomic mass is 16.5. The third-order valence-corrected chi connectivity index (χ3v) is 9.53. The Morgan fingerprint density at radius 2 is 1.65 bits per heavy atom. The highest BCUT2D eigenvalue weighted by Crippen LogP contribution is 2.50. The van der Waals surface area contributed by atoms with Crippen LogP contribution in [-0.2, 0) is 23.2 Å². The van der Waals surface area contributed by atoms with E-state index in [2.05, 4.69) is 55.8 Å². The van der Waals surface area contributed by atoms with Crippen LogP contribution in [-0.4, -0.2) is 63.5 Å². The van der Waals surface area contributed by atoms with Gasteiger partial charge in [-0.1, -0.05) is 32.0 Å². The van der Waals surface area contributed by atoms with Crippen molar-refractivity contribution in [2.45, 2.75) is 77.4 Å². The first-order chi connectivity index (χ1) is 17.5. The Hall–Kier alpha value is -2.93.